The van der Waals surface area contributed by atoms with Crippen molar-refractivity contribution >= 4 is 17.4 Å². The molecule has 2 amide bonds. The Morgan fingerprint density at radius 1 is 0.971 bits per heavy atom. The number of urea groups is 1. The number of unbranched alkanes of at least 4 members (excludes halogenated alkanes) is 1. The first-order chi connectivity index (χ1) is 17.0. The van der Waals surface area contributed by atoms with E-state index in [1.807, 2.05) is 60.4 Å². The molecule has 1 N–H and O–H groups in total. The van der Waals surface area contributed by atoms with E-state index in [0.29, 0.717) is 18.7 Å². The van der Waals surface area contributed by atoms with Gasteiger partial charge in [-0.15, -0.1) is 0 Å². The van der Waals surface area contributed by atoms with E-state index in [4.69, 9.17) is 0 Å². The highest BCUT2D eigenvalue weighted by molar-refractivity contribution is 6.02. The predicted octanol–water partition coefficient (Wildman–Crippen LogP) is 7.61. The van der Waals surface area contributed by atoms with Crippen LogP contribution in [0.5, 0.6) is 0 Å². The lowest BCUT2D eigenvalue weighted by Gasteiger charge is -2.21. The van der Waals surface area contributed by atoms with Crippen LogP contribution in [-0.2, 0) is 0 Å². The summed E-state index contributed by atoms with van der Waals surface area (Å²) in [5.41, 5.74) is 4.36. The Balaban J connectivity index is 1.42. The lowest BCUT2D eigenvalue weighted by molar-refractivity contribution is 0.213. The van der Waals surface area contributed by atoms with Gasteiger partial charge in [0.1, 0.15) is 11.6 Å². The first kappa shape index (κ1) is 24.6. The molecular weight excluding hydrogens is 444 g/mol. The Kier molecular flexibility index (Phi) is 7.91. The van der Waals surface area contributed by atoms with Crippen LogP contribution in [0.1, 0.15) is 56.7 Å². The quantitative estimate of drug-likeness (QED) is 0.358. The second kappa shape index (κ2) is 11.3. The summed E-state index contributed by atoms with van der Waals surface area (Å²) < 4.78 is 28.3. The number of nitrogens with zero attached hydrogens (tertiary/aromatic N) is 2. The highest BCUT2D eigenvalue weighted by Crippen LogP contribution is 2.33. The van der Waals surface area contributed by atoms with Crippen LogP contribution in [-0.4, -0.2) is 29.7 Å². The fourth-order valence-electron chi connectivity index (χ4n) is 4.39. The normalized spacial score (nSPS) is 15.1. The summed E-state index contributed by atoms with van der Waals surface area (Å²) >= 11 is 0. The number of carbonyl (C=O) groups is 1. The number of rotatable bonds is 8. The number of nitrogens with one attached hydrogen (secondary N) is 1. The highest BCUT2D eigenvalue weighted by Gasteiger charge is 2.24. The molecular formula is C29H31F2N3O. The van der Waals surface area contributed by atoms with E-state index in [0.717, 1.165) is 48.2 Å². The monoisotopic (exact) mass is 475 g/mol. The van der Waals surface area contributed by atoms with E-state index < -0.39 is 11.6 Å². The van der Waals surface area contributed by atoms with Crippen LogP contribution in [0.4, 0.5) is 19.3 Å². The van der Waals surface area contributed by atoms with Crippen LogP contribution in [0.3, 0.4) is 0 Å². The third-order valence-electron chi connectivity index (χ3n) is 6.43. The van der Waals surface area contributed by atoms with Crippen molar-refractivity contribution in [2.75, 3.05) is 18.4 Å². The predicted molar refractivity (Wildman–Crippen MR) is 138 cm³/mol. The minimum atomic E-state index is -0.567. The number of halogens is 2. The molecule has 4 rings (SSSR count). The molecule has 0 radical (unpaired) electrons. The maximum atomic E-state index is 14.1. The zero-order valence-electron chi connectivity index (χ0n) is 20.2. The van der Waals surface area contributed by atoms with Gasteiger partial charge in [-0.3, -0.25) is 4.99 Å². The van der Waals surface area contributed by atoms with Gasteiger partial charge in [0.05, 0.1) is 11.6 Å². The lowest BCUT2D eigenvalue weighted by atomic mass is 9.99. The van der Waals surface area contributed by atoms with E-state index in [1.54, 1.807) is 0 Å². The molecule has 3 aromatic rings. The standard InChI is InChI=1S/C29H31F2N3O/c1-3-5-19-34(4-2)29(35)32-23-15-13-21(14-16-23)20-9-11-22(12-10-20)26-17-18-27(33-26)28-24(30)7-6-8-25(28)31/h6-16,26H,3-5,17-19H2,1-2H3,(H,32,35). The molecule has 0 aliphatic carbocycles. The minimum absolute atomic E-state index is 0.00813. The Hall–Kier alpha value is -3.54. The van der Waals surface area contributed by atoms with Gasteiger partial charge in [0.25, 0.3) is 0 Å². The van der Waals surface area contributed by atoms with Gasteiger partial charge in [-0.25, -0.2) is 13.6 Å². The summed E-state index contributed by atoms with van der Waals surface area (Å²) in [5, 5.41) is 2.97. The van der Waals surface area contributed by atoms with E-state index in [2.05, 4.69) is 17.2 Å². The molecule has 0 saturated carbocycles. The first-order valence-electron chi connectivity index (χ1n) is 12.3. The molecule has 0 spiro atoms. The van der Waals surface area contributed by atoms with Crippen LogP contribution in [0, 0.1) is 11.6 Å². The lowest BCUT2D eigenvalue weighted by Crippen LogP contribution is -2.35. The first-order valence-corrected chi connectivity index (χ1v) is 12.3. The summed E-state index contributed by atoms with van der Waals surface area (Å²) in [6.45, 7) is 5.53. The molecule has 35 heavy (non-hydrogen) atoms. The molecule has 1 heterocycles. The van der Waals surface area contributed by atoms with Crippen molar-refractivity contribution in [3.05, 3.63) is 89.5 Å². The molecule has 0 bridgehead atoms. The van der Waals surface area contributed by atoms with Crippen molar-refractivity contribution in [1.82, 2.24) is 4.90 Å². The SMILES string of the molecule is CCCCN(CC)C(=O)Nc1ccc(-c2ccc(C3CCC(c4c(F)cccc4F)=N3)cc2)cc1. The van der Waals surface area contributed by atoms with Crippen molar-refractivity contribution in [2.24, 2.45) is 4.99 Å². The second-order valence-corrected chi connectivity index (χ2v) is 8.79. The Labute approximate surface area is 205 Å². The summed E-state index contributed by atoms with van der Waals surface area (Å²) in [4.78, 5) is 18.9. The van der Waals surface area contributed by atoms with Crippen molar-refractivity contribution in [3.8, 4) is 11.1 Å². The number of aliphatic imine (C=N–C) groups is 1. The van der Waals surface area contributed by atoms with Crippen molar-refractivity contribution < 1.29 is 13.6 Å². The third-order valence-corrected chi connectivity index (χ3v) is 6.43. The molecule has 4 nitrogen and oxygen atoms in total. The molecule has 182 valence electrons. The smallest absolute Gasteiger partial charge is 0.321 e. The highest BCUT2D eigenvalue weighted by atomic mass is 19.1. The van der Waals surface area contributed by atoms with Gasteiger partial charge in [-0.05, 0) is 67.1 Å². The molecule has 3 aromatic carbocycles. The zero-order chi connectivity index (χ0) is 24.8. The summed E-state index contributed by atoms with van der Waals surface area (Å²) in [6, 6.07) is 19.6. The molecule has 1 atom stereocenters. The van der Waals surface area contributed by atoms with Crippen LogP contribution < -0.4 is 5.32 Å². The zero-order valence-corrected chi connectivity index (χ0v) is 20.2. The molecule has 1 aliphatic rings. The fourth-order valence-corrected chi connectivity index (χ4v) is 4.39. The van der Waals surface area contributed by atoms with E-state index in [-0.39, 0.29) is 17.6 Å². The summed E-state index contributed by atoms with van der Waals surface area (Å²) in [6.07, 6.45) is 3.31. The van der Waals surface area contributed by atoms with Gasteiger partial charge in [0.15, 0.2) is 0 Å². The summed E-state index contributed by atoms with van der Waals surface area (Å²) in [5.74, 6) is -1.13. The Bertz CT molecular complexity index is 1170. The average molecular weight is 476 g/mol. The summed E-state index contributed by atoms with van der Waals surface area (Å²) in [7, 11) is 0. The number of hydrogen-bond acceptors (Lipinski definition) is 2. The number of hydrogen-bond donors (Lipinski definition) is 1. The number of carbonyl (C=O) groups excluding carboxylic acids is 1. The second-order valence-electron chi connectivity index (χ2n) is 8.79. The van der Waals surface area contributed by atoms with Gasteiger partial charge in [-0.1, -0.05) is 55.8 Å². The largest absolute Gasteiger partial charge is 0.325 e. The number of amides is 2. The van der Waals surface area contributed by atoms with Gasteiger partial charge < -0.3 is 10.2 Å². The van der Waals surface area contributed by atoms with Crippen LogP contribution in [0.15, 0.2) is 71.7 Å². The van der Waals surface area contributed by atoms with E-state index >= 15 is 0 Å². The Morgan fingerprint density at radius 2 is 1.60 bits per heavy atom. The average Bonchev–Trinajstić information content (AvgIpc) is 3.35. The van der Waals surface area contributed by atoms with Crippen molar-refractivity contribution in [3.63, 3.8) is 0 Å². The fraction of sp³-hybridized carbons (Fsp3) is 0.310. The van der Waals surface area contributed by atoms with Gasteiger partial charge in [0, 0.05) is 24.5 Å². The van der Waals surface area contributed by atoms with Gasteiger partial charge in [0.2, 0.25) is 0 Å². The van der Waals surface area contributed by atoms with Crippen molar-refractivity contribution in [1.29, 1.82) is 0 Å². The van der Waals surface area contributed by atoms with E-state index in [9.17, 15) is 13.6 Å². The molecule has 6 heteroatoms. The molecule has 0 saturated heterocycles. The third kappa shape index (κ3) is 5.76. The molecule has 0 aromatic heterocycles. The maximum absolute atomic E-state index is 14.1. The number of anilines is 1. The van der Waals surface area contributed by atoms with Crippen molar-refractivity contribution in [2.45, 2.75) is 45.6 Å². The van der Waals surface area contributed by atoms with Gasteiger partial charge in [-0.2, -0.15) is 0 Å². The molecule has 1 aliphatic heterocycles. The maximum Gasteiger partial charge on any atom is 0.321 e. The number of benzene rings is 3. The van der Waals surface area contributed by atoms with Gasteiger partial charge >= 0.3 is 6.03 Å². The van der Waals surface area contributed by atoms with E-state index in [1.165, 1.54) is 18.2 Å². The Morgan fingerprint density at radius 3 is 2.20 bits per heavy atom. The van der Waals surface area contributed by atoms with Crippen LogP contribution in [0.25, 0.3) is 11.1 Å². The topological polar surface area (TPSA) is 44.7 Å². The van der Waals surface area contributed by atoms with Crippen LogP contribution >= 0.6 is 0 Å². The molecule has 0 fully saturated rings. The molecule has 1 unspecified atom stereocenters. The van der Waals surface area contributed by atoms with Crippen LogP contribution in [0.2, 0.25) is 0 Å². The minimum Gasteiger partial charge on any atom is -0.325 e.